The predicted octanol–water partition coefficient (Wildman–Crippen LogP) is 2.96. The number of benzene rings is 1. The molecule has 4 heteroatoms. The highest BCUT2D eigenvalue weighted by atomic mass is 79.9. The van der Waals surface area contributed by atoms with Crippen molar-refractivity contribution in [3.05, 3.63) is 28.1 Å². The van der Waals surface area contributed by atoms with Crippen LogP contribution in [0.1, 0.15) is 24.3 Å². The van der Waals surface area contributed by atoms with Gasteiger partial charge in [0.1, 0.15) is 5.52 Å². The molecule has 80 valence electrons. The Morgan fingerprint density at radius 3 is 2.93 bits per heavy atom. The van der Waals surface area contributed by atoms with Crippen LogP contribution in [0.4, 0.5) is 0 Å². The Hall–Kier alpha value is -0.870. The van der Waals surface area contributed by atoms with Crippen LogP contribution in [-0.2, 0) is 0 Å². The Kier molecular flexibility index (Phi) is 2.80. The fourth-order valence-electron chi connectivity index (χ4n) is 1.59. The molecule has 0 spiro atoms. The minimum absolute atomic E-state index is 0.320. The van der Waals surface area contributed by atoms with Crippen molar-refractivity contribution in [2.45, 2.75) is 19.8 Å². The highest BCUT2D eigenvalue weighted by Crippen LogP contribution is 2.29. The average Bonchev–Trinajstić information content (AvgIpc) is 2.55. The van der Waals surface area contributed by atoms with Crippen LogP contribution in [0.2, 0.25) is 0 Å². The number of aromatic nitrogens is 1. The van der Waals surface area contributed by atoms with E-state index in [1.54, 1.807) is 0 Å². The van der Waals surface area contributed by atoms with Crippen molar-refractivity contribution in [1.82, 2.24) is 4.98 Å². The number of hydrogen-bond donors (Lipinski definition) is 1. The van der Waals surface area contributed by atoms with Crippen LogP contribution in [0.5, 0.6) is 0 Å². The molecule has 0 fully saturated rings. The smallest absolute Gasteiger partial charge is 0.192 e. The van der Waals surface area contributed by atoms with Gasteiger partial charge in [-0.25, -0.2) is 4.98 Å². The molecule has 1 aromatic heterocycles. The molecule has 0 amide bonds. The van der Waals surface area contributed by atoms with E-state index in [1.165, 1.54) is 5.56 Å². The fraction of sp³-hybridized carbons (Fsp3) is 0.364. The molecule has 15 heavy (non-hydrogen) atoms. The molecule has 2 N–H and O–H groups in total. The van der Waals surface area contributed by atoms with Gasteiger partial charge in [-0.15, -0.1) is 0 Å². The first-order chi connectivity index (χ1) is 7.11. The summed E-state index contributed by atoms with van der Waals surface area (Å²) in [6, 6.07) is 3.99. The van der Waals surface area contributed by atoms with E-state index in [1.807, 2.05) is 19.1 Å². The Bertz CT molecular complexity index is 493. The van der Waals surface area contributed by atoms with Crippen molar-refractivity contribution >= 4 is 27.0 Å². The Balaban J connectivity index is 2.60. The van der Waals surface area contributed by atoms with Crippen LogP contribution in [0.3, 0.4) is 0 Å². The number of oxazole rings is 1. The normalized spacial score (nSPS) is 13.3. The maximum absolute atomic E-state index is 5.66. The number of rotatable bonds is 2. The third-order valence-electron chi connectivity index (χ3n) is 2.50. The number of fused-ring (bicyclic) bond motifs is 1. The predicted molar refractivity (Wildman–Crippen MR) is 63.9 cm³/mol. The summed E-state index contributed by atoms with van der Waals surface area (Å²) in [6.45, 7) is 4.57. The molecule has 1 aromatic carbocycles. The van der Waals surface area contributed by atoms with E-state index in [0.717, 1.165) is 15.6 Å². The Morgan fingerprint density at radius 2 is 2.27 bits per heavy atom. The van der Waals surface area contributed by atoms with E-state index in [-0.39, 0.29) is 0 Å². The summed E-state index contributed by atoms with van der Waals surface area (Å²) in [5.41, 5.74) is 8.54. The van der Waals surface area contributed by atoms with E-state index in [9.17, 15) is 0 Å². The lowest BCUT2D eigenvalue weighted by molar-refractivity contribution is 0.561. The molecular formula is C11H13BrN2O. The second kappa shape index (κ2) is 3.94. The molecular weight excluding hydrogens is 256 g/mol. The highest BCUT2D eigenvalue weighted by molar-refractivity contribution is 9.10. The van der Waals surface area contributed by atoms with Crippen molar-refractivity contribution in [2.24, 2.45) is 5.73 Å². The first kappa shape index (κ1) is 10.6. The molecule has 0 aliphatic heterocycles. The van der Waals surface area contributed by atoms with Gasteiger partial charge in [0, 0.05) is 11.4 Å². The Morgan fingerprint density at radius 1 is 1.53 bits per heavy atom. The van der Waals surface area contributed by atoms with E-state index in [2.05, 4.69) is 27.8 Å². The molecule has 1 unspecified atom stereocenters. The first-order valence-electron chi connectivity index (χ1n) is 4.88. The summed E-state index contributed by atoms with van der Waals surface area (Å²) in [4.78, 5) is 4.30. The molecule has 1 atom stereocenters. The number of halogens is 1. The van der Waals surface area contributed by atoms with Gasteiger partial charge in [-0.1, -0.05) is 22.9 Å². The van der Waals surface area contributed by atoms with E-state index < -0.39 is 0 Å². The van der Waals surface area contributed by atoms with Gasteiger partial charge >= 0.3 is 0 Å². The summed E-state index contributed by atoms with van der Waals surface area (Å²) in [7, 11) is 0. The largest absolute Gasteiger partial charge is 0.441 e. The zero-order valence-electron chi connectivity index (χ0n) is 8.75. The van der Waals surface area contributed by atoms with Gasteiger partial charge in [0.25, 0.3) is 0 Å². The molecule has 0 radical (unpaired) electrons. The molecule has 2 aromatic rings. The summed E-state index contributed by atoms with van der Waals surface area (Å²) < 4.78 is 6.48. The van der Waals surface area contributed by atoms with Crippen LogP contribution in [-0.4, -0.2) is 11.5 Å². The SMILES string of the molecule is Cc1nc2cc(C(C)CN)c(Br)cc2o1. The van der Waals surface area contributed by atoms with Crippen molar-refractivity contribution in [2.75, 3.05) is 6.54 Å². The molecule has 0 saturated heterocycles. The van der Waals surface area contributed by atoms with Crippen LogP contribution >= 0.6 is 15.9 Å². The molecule has 2 rings (SSSR count). The monoisotopic (exact) mass is 268 g/mol. The van der Waals surface area contributed by atoms with Crippen LogP contribution < -0.4 is 5.73 Å². The van der Waals surface area contributed by atoms with Gasteiger partial charge in [-0.3, -0.25) is 0 Å². The van der Waals surface area contributed by atoms with Crippen molar-refractivity contribution in [3.63, 3.8) is 0 Å². The molecule has 0 saturated carbocycles. The lowest BCUT2D eigenvalue weighted by Gasteiger charge is -2.10. The fourth-order valence-corrected chi connectivity index (χ4v) is 2.30. The molecule has 0 aliphatic rings. The number of hydrogen-bond acceptors (Lipinski definition) is 3. The summed E-state index contributed by atoms with van der Waals surface area (Å²) in [6.07, 6.45) is 0. The zero-order chi connectivity index (χ0) is 11.0. The molecule has 1 heterocycles. The van der Waals surface area contributed by atoms with Gasteiger partial charge < -0.3 is 10.2 Å². The maximum Gasteiger partial charge on any atom is 0.192 e. The van der Waals surface area contributed by atoms with Crippen LogP contribution in [0.25, 0.3) is 11.1 Å². The van der Waals surface area contributed by atoms with Gasteiger partial charge in [-0.05, 0) is 30.2 Å². The lowest BCUT2D eigenvalue weighted by atomic mass is 10.0. The molecule has 0 aliphatic carbocycles. The van der Waals surface area contributed by atoms with Crippen LogP contribution in [0.15, 0.2) is 21.0 Å². The minimum atomic E-state index is 0.320. The average molecular weight is 269 g/mol. The second-order valence-corrected chi connectivity index (χ2v) is 4.57. The van der Waals surface area contributed by atoms with Crippen molar-refractivity contribution in [1.29, 1.82) is 0 Å². The van der Waals surface area contributed by atoms with Crippen molar-refractivity contribution in [3.8, 4) is 0 Å². The first-order valence-corrected chi connectivity index (χ1v) is 5.67. The number of nitrogens with two attached hydrogens (primary N) is 1. The van der Waals surface area contributed by atoms with E-state index >= 15 is 0 Å². The molecule has 0 bridgehead atoms. The molecule has 3 nitrogen and oxygen atoms in total. The van der Waals surface area contributed by atoms with E-state index in [4.69, 9.17) is 10.2 Å². The standard InChI is InChI=1S/C11H13BrN2O/c1-6(5-13)8-3-10-11(4-9(8)12)15-7(2)14-10/h3-4,6H,5,13H2,1-2H3. The third-order valence-corrected chi connectivity index (χ3v) is 3.19. The van der Waals surface area contributed by atoms with E-state index in [0.29, 0.717) is 18.4 Å². The minimum Gasteiger partial charge on any atom is -0.441 e. The zero-order valence-corrected chi connectivity index (χ0v) is 10.3. The quantitative estimate of drug-likeness (QED) is 0.911. The second-order valence-electron chi connectivity index (χ2n) is 3.71. The van der Waals surface area contributed by atoms with Gasteiger partial charge in [0.05, 0.1) is 0 Å². The Labute approximate surface area is 96.8 Å². The highest BCUT2D eigenvalue weighted by Gasteiger charge is 2.12. The topological polar surface area (TPSA) is 52.0 Å². The third kappa shape index (κ3) is 1.92. The number of nitrogens with zero attached hydrogens (tertiary/aromatic N) is 1. The summed E-state index contributed by atoms with van der Waals surface area (Å²) >= 11 is 3.52. The van der Waals surface area contributed by atoms with Crippen LogP contribution in [0, 0.1) is 6.92 Å². The summed E-state index contributed by atoms with van der Waals surface area (Å²) in [5.74, 6) is 1.01. The maximum atomic E-state index is 5.66. The summed E-state index contributed by atoms with van der Waals surface area (Å²) in [5, 5.41) is 0. The van der Waals surface area contributed by atoms with Gasteiger partial charge in [-0.2, -0.15) is 0 Å². The van der Waals surface area contributed by atoms with Gasteiger partial charge in [0.15, 0.2) is 11.5 Å². The van der Waals surface area contributed by atoms with Gasteiger partial charge in [0.2, 0.25) is 0 Å². The van der Waals surface area contributed by atoms with Crippen molar-refractivity contribution < 1.29 is 4.42 Å². The number of aryl methyl sites for hydroxylation is 1. The lowest BCUT2D eigenvalue weighted by Crippen LogP contribution is -2.09.